The summed E-state index contributed by atoms with van der Waals surface area (Å²) in [5, 5.41) is 2.89. The fraction of sp³-hybridized carbons (Fsp3) is 0.364. The number of carbonyl (C=O) groups is 2. The molecule has 206 valence electrons. The zero-order chi connectivity index (χ0) is 28.0. The Morgan fingerprint density at radius 3 is 2.33 bits per heavy atom. The van der Waals surface area contributed by atoms with Crippen molar-refractivity contribution in [1.29, 1.82) is 0 Å². The molecule has 0 spiro atoms. The molecule has 5 nitrogen and oxygen atoms in total. The topological polar surface area (TPSA) is 82.3 Å². The minimum Gasteiger partial charge on any atom is -0.463 e. The number of allylic oxidation sites excluding steroid dienone is 2. The van der Waals surface area contributed by atoms with Crippen molar-refractivity contribution < 1.29 is 14.3 Å². The van der Waals surface area contributed by atoms with Gasteiger partial charge in [-0.05, 0) is 74.4 Å². The van der Waals surface area contributed by atoms with Gasteiger partial charge in [0.05, 0.1) is 18.3 Å². The molecule has 1 unspecified atom stereocenters. The number of nitrogens with zero attached hydrogens (tertiary/aromatic N) is 1. The number of aldehydes is 1. The lowest BCUT2D eigenvalue weighted by Gasteiger charge is -2.14. The molecule has 1 aliphatic rings. The average molecular weight is 545 g/mol. The van der Waals surface area contributed by atoms with Crippen LogP contribution >= 0.6 is 11.3 Å². The molecule has 0 saturated heterocycles. The van der Waals surface area contributed by atoms with Crippen LogP contribution in [0.15, 0.2) is 77.2 Å². The summed E-state index contributed by atoms with van der Waals surface area (Å²) in [4.78, 5) is 26.6. The highest BCUT2D eigenvalue weighted by Gasteiger charge is 2.12. The summed E-state index contributed by atoms with van der Waals surface area (Å²) in [6, 6.07) is 18.7. The van der Waals surface area contributed by atoms with E-state index in [0.717, 1.165) is 41.8 Å². The van der Waals surface area contributed by atoms with Gasteiger partial charge in [-0.15, -0.1) is 11.3 Å². The van der Waals surface area contributed by atoms with E-state index in [0.29, 0.717) is 18.1 Å². The predicted octanol–water partition coefficient (Wildman–Crippen LogP) is 7.73. The number of benzene rings is 2. The molecule has 39 heavy (non-hydrogen) atoms. The van der Waals surface area contributed by atoms with Gasteiger partial charge in [0.25, 0.3) is 0 Å². The van der Waals surface area contributed by atoms with Crippen molar-refractivity contribution in [3.8, 4) is 11.1 Å². The highest BCUT2D eigenvalue weighted by atomic mass is 32.1. The summed E-state index contributed by atoms with van der Waals surface area (Å²) >= 11 is 1.56. The lowest BCUT2D eigenvalue weighted by molar-refractivity contribution is -0.138. The van der Waals surface area contributed by atoms with Crippen molar-refractivity contribution in [2.24, 2.45) is 11.7 Å². The number of aromatic nitrogens is 1. The second kappa shape index (κ2) is 15.9. The van der Waals surface area contributed by atoms with Crippen molar-refractivity contribution in [3.05, 3.63) is 93.5 Å². The van der Waals surface area contributed by atoms with Gasteiger partial charge in [0.1, 0.15) is 11.3 Å². The summed E-state index contributed by atoms with van der Waals surface area (Å²) in [6.45, 7) is 5.86. The fourth-order valence-corrected chi connectivity index (χ4v) is 5.31. The minimum absolute atomic E-state index is 0.160. The molecule has 0 aliphatic heterocycles. The second-order valence-corrected chi connectivity index (χ2v) is 10.8. The van der Waals surface area contributed by atoms with E-state index < -0.39 is 0 Å². The maximum atomic E-state index is 11.8. The van der Waals surface area contributed by atoms with Crippen LogP contribution in [0.1, 0.15) is 75.2 Å². The van der Waals surface area contributed by atoms with Gasteiger partial charge in [-0.1, -0.05) is 73.9 Å². The number of thiazole rings is 1. The summed E-state index contributed by atoms with van der Waals surface area (Å²) in [6.07, 6.45) is 11.8. The lowest BCUT2D eigenvalue weighted by atomic mass is 9.91. The highest BCUT2D eigenvalue weighted by Crippen LogP contribution is 2.24. The van der Waals surface area contributed by atoms with E-state index in [4.69, 9.17) is 10.5 Å². The standard InChI is InChI=1S/C26H28N2O2S.C7H12O/c1-4-30-26(29)19(3)14-18(2)15-23-17-31-25(28-23)24(27)16-20-10-12-22(13-11-20)21-8-6-5-7-9-21;8-6-7-4-2-1-3-5-7/h5-15,17,24H,4,16,27H2,1-3H3;6-7H,1-5H2/b18-15+,19-14-;. The van der Waals surface area contributed by atoms with E-state index in [1.54, 1.807) is 25.2 Å². The number of hydrogen-bond acceptors (Lipinski definition) is 6. The molecule has 1 aromatic heterocycles. The smallest absolute Gasteiger partial charge is 0.333 e. The van der Waals surface area contributed by atoms with Crippen molar-refractivity contribution in [2.45, 2.75) is 65.3 Å². The Labute approximate surface area is 236 Å². The summed E-state index contributed by atoms with van der Waals surface area (Å²) < 4.78 is 5.01. The average Bonchev–Trinajstić information content (AvgIpc) is 3.43. The number of carbonyl (C=O) groups excluding carboxylic acids is 2. The molecule has 0 bridgehead atoms. The third kappa shape index (κ3) is 10.0. The monoisotopic (exact) mass is 544 g/mol. The third-order valence-corrected chi connectivity index (χ3v) is 7.63. The first-order valence-corrected chi connectivity index (χ1v) is 14.6. The molecule has 3 aromatic rings. The molecule has 4 rings (SSSR count). The Balaban J connectivity index is 0.000000449. The van der Waals surface area contributed by atoms with Crippen LogP contribution in [0.3, 0.4) is 0 Å². The Morgan fingerprint density at radius 2 is 1.72 bits per heavy atom. The van der Waals surface area contributed by atoms with Crippen molar-refractivity contribution in [3.63, 3.8) is 0 Å². The van der Waals surface area contributed by atoms with Gasteiger partial charge in [-0.3, -0.25) is 0 Å². The Bertz CT molecular complexity index is 1240. The Hall–Kier alpha value is -3.35. The van der Waals surface area contributed by atoms with E-state index in [1.807, 2.05) is 42.7 Å². The molecule has 1 fully saturated rings. The van der Waals surface area contributed by atoms with Crippen LogP contribution < -0.4 is 5.73 Å². The first kappa shape index (κ1) is 30.2. The van der Waals surface area contributed by atoms with Crippen LogP contribution in [-0.4, -0.2) is 23.8 Å². The minimum atomic E-state index is -0.297. The number of ether oxygens (including phenoxy) is 1. The second-order valence-electron chi connectivity index (χ2n) is 9.95. The number of esters is 1. The molecule has 1 heterocycles. The van der Waals surface area contributed by atoms with Crippen LogP contribution in [0, 0.1) is 5.92 Å². The fourth-order valence-electron chi connectivity index (χ4n) is 4.53. The van der Waals surface area contributed by atoms with Crippen LogP contribution in [-0.2, 0) is 20.7 Å². The highest BCUT2D eigenvalue weighted by molar-refractivity contribution is 7.09. The van der Waals surface area contributed by atoms with Gasteiger partial charge >= 0.3 is 5.97 Å². The van der Waals surface area contributed by atoms with E-state index in [2.05, 4.69) is 41.4 Å². The number of nitrogens with two attached hydrogens (primary N) is 1. The molecule has 0 radical (unpaired) electrons. The zero-order valence-corrected chi connectivity index (χ0v) is 24.1. The lowest BCUT2D eigenvalue weighted by Crippen LogP contribution is -2.13. The first-order valence-electron chi connectivity index (χ1n) is 13.7. The van der Waals surface area contributed by atoms with E-state index in [9.17, 15) is 9.59 Å². The van der Waals surface area contributed by atoms with Gasteiger partial charge in [0, 0.05) is 16.9 Å². The van der Waals surface area contributed by atoms with Crippen LogP contribution in [0.4, 0.5) is 0 Å². The van der Waals surface area contributed by atoms with Gasteiger partial charge in [0.2, 0.25) is 0 Å². The Morgan fingerprint density at radius 1 is 1.05 bits per heavy atom. The van der Waals surface area contributed by atoms with Gasteiger partial charge in [0.15, 0.2) is 0 Å². The normalized spacial score (nSPS) is 15.2. The van der Waals surface area contributed by atoms with Crippen molar-refractivity contribution >= 4 is 29.7 Å². The number of rotatable bonds is 9. The molecular weight excluding hydrogens is 504 g/mol. The summed E-state index contributed by atoms with van der Waals surface area (Å²) in [7, 11) is 0. The van der Waals surface area contributed by atoms with Crippen LogP contribution in [0.2, 0.25) is 0 Å². The first-order chi connectivity index (χ1) is 18.9. The third-order valence-electron chi connectivity index (χ3n) is 6.63. The van der Waals surface area contributed by atoms with Gasteiger partial charge in [-0.25, -0.2) is 9.78 Å². The summed E-state index contributed by atoms with van der Waals surface area (Å²) in [5.41, 5.74) is 12.4. The Kier molecular flexibility index (Phi) is 12.3. The molecule has 6 heteroatoms. The molecule has 1 saturated carbocycles. The van der Waals surface area contributed by atoms with E-state index >= 15 is 0 Å². The maximum Gasteiger partial charge on any atom is 0.333 e. The number of hydrogen-bond donors (Lipinski definition) is 1. The largest absolute Gasteiger partial charge is 0.463 e. The van der Waals surface area contributed by atoms with E-state index in [1.165, 1.54) is 36.0 Å². The van der Waals surface area contributed by atoms with Crippen LogP contribution in [0.5, 0.6) is 0 Å². The van der Waals surface area contributed by atoms with Gasteiger partial charge < -0.3 is 15.3 Å². The predicted molar refractivity (Wildman–Crippen MR) is 161 cm³/mol. The molecule has 2 aromatic carbocycles. The van der Waals surface area contributed by atoms with Crippen LogP contribution in [0.25, 0.3) is 17.2 Å². The van der Waals surface area contributed by atoms with Crippen molar-refractivity contribution in [2.75, 3.05) is 6.61 Å². The zero-order valence-electron chi connectivity index (χ0n) is 23.3. The molecule has 0 amide bonds. The molecular formula is C33H40N2O3S. The maximum absolute atomic E-state index is 11.8. The summed E-state index contributed by atoms with van der Waals surface area (Å²) in [5.74, 6) is 0.110. The van der Waals surface area contributed by atoms with E-state index in [-0.39, 0.29) is 12.0 Å². The molecule has 1 aliphatic carbocycles. The van der Waals surface area contributed by atoms with Gasteiger partial charge in [-0.2, -0.15) is 0 Å². The van der Waals surface area contributed by atoms with Crippen molar-refractivity contribution in [1.82, 2.24) is 4.98 Å². The molecule has 2 N–H and O–H groups in total. The quantitative estimate of drug-likeness (QED) is 0.129. The SMILES string of the molecule is CCOC(=O)/C(C)=C\C(C)=C\c1csc(C(N)Cc2ccc(-c3ccccc3)cc2)n1.O=CC1CCCCC1. The molecule has 1 atom stereocenters.